The van der Waals surface area contributed by atoms with Crippen molar-refractivity contribution in [3.05, 3.63) is 54.1 Å². The number of ether oxygens (including phenoxy) is 2. The maximum atomic E-state index is 12.9. The average Bonchev–Trinajstić information content (AvgIpc) is 3.37. The third-order valence-electron chi connectivity index (χ3n) is 6.46. The lowest BCUT2D eigenvalue weighted by Gasteiger charge is -2.39. The molecule has 1 unspecified atom stereocenters. The highest BCUT2D eigenvalue weighted by molar-refractivity contribution is 5.97. The zero-order valence-corrected chi connectivity index (χ0v) is 16.4. The number of hydrogen-bond acceptors (Lipinski definition) is 5. The van der Waals surface area contributed by atoms with Gasteiger partial charge in [-0.25, -0.2) is 0 Å². The van der Waals surface area contributed by atoms with E-state index in [1.54, 1.807) is 0 Å². The molecule has 1 N–H and O–H groups in total. The van der Waals surface area contributed by atoms with Gasteiger partial charge in [0.05, 0.1) is 11.5 Å². The molecule has 1 atom stereocenters. The third kappa shape index (κ3) is 3.47. The number of likely N-dealkylation sites (tertiary alicyclic amines) is 1. The van der Waals surface area contributed by atoms with E-state index in [-0.39, 0.29) is 18.6 Å². The molecule has 0 aliphatic carbocycles. The SMILES string of the molecule is O=C1C(CN2CCC(O)(c3ccc4c(c3)OCO4)CC2)CCN1c1ccccc1. The van der Waals surface area contributed by atoms with Crippen LogP contribution < -0.4 is 14.4 Å². The molecule has 6 nitrogen and oxygen atoms in total. The van der Waals surface area contributed by atoms with Gasteiger partial charge in [0.25, 0.3) is 0 Å². The molecule has 2 aromatic rings. The Labute approximate surface area is 170 Å². The smallest absolute Gasteiger partial charge is 0.231 e. The highest BCUT2D eigenvalue weighted by Crippen LogP contribution is 2.40. The molecular formula is C23H26N2O4. The summed E-state index contributed by atoms with van der Waals surface area (Å²) in [6.07, 6.45) is 2.18. The Morgan fingerprint density at radius 1 is 1.00 bits per heavy atom. The van der Waals surface area contributed by atoms with Crippen molar-refractivity contribution in [2.75, 3.05) is 37.9 Å². The molecule has 6 heteroatoms. The second-order valence-corrected chi connectivity index (χ2v) is 8.21. The van der Waals surface area contributed by atoms with Gasteiger partial charge in [-0.2, -0.15) is 0 Å². The first-order valence-electron chi connectivity index (χ1n) is 10.3. The lowest BCUT2D eigenvalue weighted by molar-refractivity contribution is -0.121. The Kier molecular flexibility index (Phi) is 4.68. The normalized spacial score (nSPS) is 23.6. The molecule has 152 valence electrons. The van der Waals surface area contributed by atoms with Crippen molar-refractivity contribution in [1.29, 1.82) is 0 Å². The van der Waals surface area contributed by atoms with Gasteiger partial charge in [0.1, 0.15) is 0 Å². The number of nitrogens with zero attached hydrogens (tertiary/aromatic N) is 2. The average molecular weight is 394 g/mol. The van der Waals surface area contributed by atoms with Crippen LogP contribution in [0.5, 0.6) is 11.5 Å². The minimum Gasteiger partial charge on any atom is -0.454 e. The van der Waals surface area contributed by atoms with Crippen LogP contribution in [0.1, 0.15) is 24.8 Å². The number of rotatable bonds is 4. The van der Waals surface area contributed by atoms with E-state index in [4.69, 9.17) is 9.47 Å². The number of aliphatic hydroxyl groups is 1. The fourth-order valence-corrected chi connectivity index (χ4v) is 4.66. The molecule has 3 aliphatic rings. The van der Waals surface area contributed by atoms with Gasteiger partial charge in [-0.3, -0.25) is 4.79 Å². The van der Waals surface area contributed by atoms with E-state index in [1.165, 1.54) is 0 Å². The van der Waals surface area contributed by atoms with Gasteiger partial charge in [0.15, 0.2) is 11.5 Å². The zero-order chi connectivity index (χ0) is 19.8. The molecule has 2 fully saturated rings. The lowest BCUT2D eigenvalue weighted by Crippen LogP contribution is -2.45. The Balaban J connectivity index is 1.20. The number of carbonyl (C=O) groups is 1. The van der Waals surface area contributed by atoms with Crippen LogP contribution in [0.3, 0.4) is 0 Å². The summed E-state index contributed by atoms with van der Waals surface area (Å²) in [4.78, 5) is 17.1. The van der Waals surface area contributed by atoms with Crippen LogP contribution in [0.15, 0.2) is 48.5 Å². The Hall–Kier alpha value is -2.57. The van der Waals surface area contributed by atoms with Gasteiger partial charge < -0.3 is 24.4 Å². The number of fused-ring (bicyclic) bond motifs is 1. The number of benzene rings is 2. The van der Waals surface area contributed by atoms with Gasteiger partial charge in [0.2, 0.25) is 12.7 Å². The molecule has 0 spiro atoms. The number of hydrogen-bond donors (Lipinski definition) is 1. The molecule has 5 rings (SSSR count). The first-order chi connectivity index (χ1) is 14.1. The number of para-hydroxylation sites is 1. The Morgan fingerprint density at radius 2 is 1.76 bits per heavy atom. The minimum atomic E-state index is -0.854. The van der Waals surface area contributed by atoms with Crippen molar-refractivity contribution >= 4 is 11.6 Å². The van der Waals surface area contributed by atoms with E-state index in [0.717, 1.165) is 49.6 Å². The molecule has 0 radical (unpaired) electrons. The second kappa shape index (κ2) is 7.35. The molecule has 3 heterocycles. The molecule has 3 aliphatic heterocycles. The van der Waals surface area contributed by atoms with Crippen LogP contribution in [0, 0.1) is 5.92 Å². The van der Waals surface area contributed by atoms with Crippen molar-refractivity contribution in [2.24, 2.45) is 5.92 Å². The highest BCUT2D eigenvalue weighted by Gasteiger charge is 2.38. The van der Waals surface area contributed by atoms with Gasteiger partial charge in [0, 0.05) is 31.9 Å². The topological polar surface area (TPSA) is 62.2 Å². The molecule has 29 heavy (non-hydrogen) atoms. The van der Waals surface area contributed by atoms with E-state index in [0.29, 0.717) is 18.6 Å². The van der Waals surface area contributed by atoms with Crippen LogP contribution in [-0.4, -0.2) is 48.9 Å². The van der Waals surface area contributed by atoms with Crippen LogP contribution in [0.25, 0.3) is 0 Å². The van der Waals surface area contributed by atoms with Crippen LogP contribution in [0.4, 0.5) is 5.69 Å². The van der Waals surface area contributed by atoms with Gasteiger partial charge >= 0.3 is 0 Å². The fraction of sp³-hybridized carbons (Fsp3) is 0.435. The zero-order valence-electron chi connectivity index (χ0n) is 16.4. The quantitative estimate of drug-likeness (QED) is 0.864. The van der Waals surface area contributed by atoms with E-state index in [9.17, 15) is 9.90 Å². The van der Waals surface area contributed by atoms with E-state index in [2.05, 4.69) is 4.90 Å². The van der Waals surface area contributed by atoms with Crippen LogP contribution >= 0.6 is 0 Å². The second-order valence-electron chi connectivity index (χ2n) is 8.21. The van der Waals surface area contributed by atoms with Gasteiger partial charge in [-0.15, -0.1) is 0 Å². The van der Waals surface area contributed by atoms with E-state index >= 15 is 0 Å². The van der Waals surface area contributed by atoms with E-state index < -0.39 is 5.60 Å². The summed E-state index contributed by atoms with van der Waals surface area (Å²) in [6.45, 7) is 3.34. The molecule has 0 aromatic heterocycles. The first-order valence-corrected chi connectivity index (χ1v) is 10.3. The molecule has 1 amide bonds. The summed E-state index contributed by atoms with van der Waals surface area (Å²) in [7, 11) is 0. The Bertz CT molecular complexity index is 893. The fourth-order valence-electron chi connectivity index (χ4n) is 4.66. The van der Waals surface area contributed by atoms with Crippen molar-refractivity contribution < 1.29 is 19.4 Å². The van der Waals surface area contributed by atoms with Crippen molar-refractivity contribution in [2.45, 2.75) is 24.9 Å². The van der Waals surface area contributed by atoms with E-state index in [1.807, 2.05) is 53.4 Å². The van der Waals surface area contributed by atoms with Crippen molar-refractivity contribution in [3.63, 3.8) is 0 Å². The summed E-state index contributed by atoms with van der Waals surface area (Å²) in [5.74, 6) is 1.69. The van der Waals surface area contributed by atoms with Gasteiger partial charge in [-0.1, -0.05) is 24.3 Å². The minimum absolute atomic E-state index is 0.0342. The number of amides is 1. The summed E-state index contributed by atoms with van der Waals surface area (Å²) >= 11 is 0. The lowest BCUT2D eigenvalue weighted by atomic mass is 9.84. The first kappa shape index (κ1) is 18.5. The summed E-state index contributed by atoms with van der Waals surface area (Å²) in [5.41, 5.74) is 1.01. The largest absolute Gasteiger partial charge is 0.454 e. The molecular weight excluding hydrogens is 368 g/mol. The summed E-state index contributed by atoms with van der Waals surface area (Å²) < 4.78 is 10.8. The molecule has 0 bridgehead atoms. The monoisotopic (exact) mass is 394 g/mol. The predicted molar refractivity (Wildman–Crippen MR) is 109 cm³/mol. The number of carbonyl (C=O) groups excluding carboxylic acids is 1. The molecule has 0 saturated carbocycles. The maximum absolute atomic E-state index is 12.9. The van der Waals surface area contributed by atoms with Crippen LogP contribution in [0.2, 0.25) is 0 Å². The highest BCUT2D eigenvalue weighted by atomic mass is 16.7. The molecule has 2 aromatic carbocycles. The Morgan fingerprint density at radius 3 is 2.55 bits per heavy atom. The maximum Gasteiger partial charge on any atom is 0.231 e. The number of piperidine rings is 1. The van der Waals surface area contributed by atoms with Crippen molar-refractivity contribution in [3.8, 4) is 11.5 Å². The molecule has 2 saturated heterocycles. The third-order valence-corrected chi connectivity index (χ3v) is 6.46. The number of anilines is 1. The van der Waals surface area contributed by atoms with Crippen molar-refractivity contribution in [1.82, 2.24) is 4.90 Å². The van der Waals surface area contributed by atoms with Gasteiger partial charge in [-0.05, 0) is 49.1 Å². The summed E-state index contributed by atoms with van der Waals surface area (Å²) in [6, 6.07) is 15.6. The van der Waals surface area contributed by atoms with Crippen LogP contribution in [-0.2, 0) is 10.4 Å². The summed E-state index contributed by atoms with van der Waals surface area (Å²) in [5, 5.41) is 11.2. The standard InChI is InChI=1S/C23H26N2O4/c26-22-17(8-11-25(22)19-4-2-1-3-5-19)15-24-12-9-23(27,10-13-24)18-6-7-20-21(14-18)29-16-28-20/h1-7,14,17,27H,8-13,15-16H2. The predicted octanol–water partition coefficient (Wildman–Crippen LogP) is 2.75.